The van der Waals surface area contributed by atoms with Gasteiger partial charge in [0.2, 0.25) is 5.91 Å². The molecule has 3 aromatic rings. The maximum absolute atomic E-state index is 12.0. The molecule has 2 N–H and O–H groups in total. The Morgan fingerprint density at radius 1 is 1.28 bits per heavy atom. The van der Waals surface area contributed by atoms with Gasteiger partial charge in [-0.1, -0.05) is 12.1 Å². The molecule has 0 unspecified atom stereocenters. The highest BCUT2D eigenvalue weighted by Crippen LogP contribution is 2.12. The number of carbonyl (C=O) groups is 1. The summed E-state index contributed by atoms with van der Waals surface area (Å²) in [6.07, 6.45) is 2.93. The standard InChI is InChI=1S/C19H22N4O2/c1-13-10-14(2)22-19(25)15(13)11-20-18(24)8-5-9-23-12-21-16-6-3-4-7-17(16)23/h3-4,6-7,10,12H,5,8-9,11H2,1-2H3,(H,20,24)(H,22,25). The fourth-order valence-electron chi connectivity index (χ4n) is 2.98. The number of imidazole rings is 1. The second-order valence-electron chi connectivity index (χ2n) is 6.25. The summed E-state index contributed by atoms with van der Waals surface area (Å²) in [6.45, 7) is 4.72. The molecule has 6 nitrogen and oxygen atoms in total. The minimum absolute atomic E-state index is 0.0520. The zero-order valence-electron chi connectivity index (χ0n) is 14.5. The van der Waals surface area contributed by atoms with E-state index in [1.54, 1.807) is 6.33 Å². The maximum Gasteiger partial charge on any atom is 0.253 e. The van der Waals surface area contributed by atoms with Gasteiger partial charge in [-0.05, 0) is 44.0 Å². The summed E-state index contributed by atoms with van der Waals surface area (Å²) >= 11 is 0. The van der Waals surface area contributed by atoms with Gasteiger partial charge < -0.3 is 14.9 Å². The molecule has 1 amide bonds. The largest absolute Gasteiger partial charge is 0.352 e. The first-order valence-electron chi connectivity index (χ1n) is 8.40. The van der Waals surface area contributed by atoms with Gasteiger partial charge >= 0.3 is 0 Å². The predicted octanol–water partition coefficient (Wildman–Crippen LogP) is 2.44. The summed E-state index contributed by atoms with van der Waals surface area (Å²) in [7, 11) is 0. The number of nitrogens with zero attached hydrogens (tertiary/aromatic N) is 2. The molecular formula is C19H22N4O2. The van der Waals surface area contributed by atoms with Crippen LogP contribution in [0.4, 0.5) is 0 Å². The number of nitrogens with one attached hydrogen (secondary N) is 2. The number of hydrogen-bond acceptors (Lipinski definition) is 3. The minimum Gasteiger partial charge on any atom is -0.352 e. The lowest BCUT2D eigenvalue weighted by Crippen LogP contribution is -2.27. The van der Waals surface area contributed by atoms with Crippen LogP contribution in [0.15, 0.2) is 41.5 Å². The summed E-state index contributed by atoms with van der Waals surface area (Å²) in [6, 6.07) is 9.85. The molecule has 0 aliphatic rings. The Bertz CT molecular complexity index is 955. The molecule has 6 heteroatoms. The van der Waals surface area contributed by atoms with Gasteiger partial charge in [-0.3, -0.25) is 9.59 Å². The highest BCUT2D eigenvalue weighted by molar-refractivity contribution is 5.76. The van der Waals surface area contributed by atoms with Gasteiger partial charge in [0, 0.05) is 30.8 Å². The van der Waals surface area contributed by atoms with Gasteiger partial charge in [0.25, 0.3) is 5.56 Å². The van der Waals surface area contributed by atoms with Crippen LogP contribution >= 0.6 is 0 Å². The van der Waals surface area contributed by atoms with E-state index in [0.717, 1.165) is 35.3 Å². The van der Waals surface area contributed by atoms with Gasteiger partial charge in [-0.2, -0.15) is 0 Å². The fourth-order valence-corrected chi connectivity index (χ4v) is 2.98. The highest BCUT2D eigenvalue weighted by atomic mass is 16.1. The van der Waals surface area contributed by atoms with Crippen LogP contribution in [-0.2, 0) is 17.9 Å². The fraction of sp³-hybridized carbons (Fsp3) is 0.316. The average Bonchev–Trinajstić information content (AvgIpc) is 2.97. The van der Waals surface area contributed by atoms with Crippen molar-refractivity contribution in [3.63, 3.8) is 0 Å². The lowest BCUT2D eigenvalue weighted by Gasteiger charge is -2.08. The van der Waals surface area contributed by atoms with E-state index in [1.807, 2.05) is 44.2 Å². The van der Waals surface area contributed by atoms with Crippen LogP contribution in [-0.4, -0.2) is 20.4 Å². The van der Waals surface area contributed by atoms with Crippen molar-refractivity contribution in [1.82, 2.24) is 19.9 Å². The number of rotatable bonds is 6. The van der Waals surface area contributed by atoms with Gasteiger partial charge in [-0.15, -0.1) is 0 Å². The second-order valence-corrected chi connectivity index (χ2v) is 6.25. The van der Waals surface area contributed by atoms with Crippen molar-refractivity contribution in [2.75, 3.05) is 0 Å². The van der Waals surface area contributed by atoms with Crippen LogP contribution in [0.2, 0.25) is 0 Å². The quantitative estimate of drug-likeness (QED) is 0.724. The van der Waals surface area contributed by atoms with Crippen molar-refractivity contribution in [2.24, 2.45) is 0 Å². The Labute approximate surface area is 145 Å². The zero-order chi connectivity index (χ0) is 17.8. The number of pyridine rings is 1. The molecule has 0 aliphatic carbocycles. The van der Waals surface area contributed by atoms with Crippen LogP contribution in [0.1, 0.15) is 29.7 Å². The van der Waals surface area contributed by atoms with Crippen molar-refractivity contribution in [3.05, 3.63) is 63.8 Å². The molecular weight excluding hydrogens is 316 g/mol. The third kappa shape index (κ3) is 3.96. The number of para-hydroxylation sites is 2. The lowest BCUT2D eigenvalue weighted by molar-refractivity contribution is -0.121. The van der Waals surface area contributed by atoms with E-state index in [9.17, 15) is 9.59 Å². The van der Waals surface area contributed by atoms with E-state index < -0.39 is 0 Å². The first-order valence-corrected chi connectivity index (χ1v) is 8.40. The molecule has 0 spiro atoms. The Morgan fingerprint density at radius 2 is 2.08 bits per heavy atom. The number of carbonyl (C=O) groups excluding carboxylic acids is 1. The van der Waals surface area contributed by atoms with Crippen LogP contribution in [0, 0.1) is 13.8 Å². The topological polar surface area (TPSA) is 79.8 Å². The summed E-state index contributed by atoms with van der Waals surface area (Å²) in [4.78, 5) is 31.1. The molecule has 0 aliphatic heterocycles. The van der Waals surface area contributed by atoms with Gasteiger partial charge in [0.05, 0.1) is 17.4 Å². The number of aryl methyl sites for hydroxylation is 3. The Morgan fingerprint density at radius 3 is 2.88 bits per heavy atom. The molecule has 2 heterocycles. The van der Waals surface area contributed by atoms with Gasteiger partial charge in [0.15, 0.2) is 0 Å². The molecule has 25 heavy (non-hydrogen) atoms. The van der Waals surface area contributed by atoms with Gasteiger partial charge in [-0.25, -0.2) is 4.98 Å². The molecule has 0 radical (unpaired) electrons. The van der Waals surface area contributed by atoms with Crippen LogP contribution in [0.3, 0.4) is 0 Å². The van der Waals surface area contributed by atoms with E-state index in [2.05, 4.69) is 19.9 Å². The predicted molar refractivity (Wildman–Crippen MR) is 97.4 cm³/mol. The summed E-state index contributed by atoms with van der Waals surface area (Å²) < 4.78 is 2.05. The third-order valence-electron chi connectivity index (χ3n) is 4.29. The van der Waals surface area contributed by atoms with Crippen molar-refractivity contribution >= 4 is 16.9 Å². The molecule has 0 atom stereocenters. The normalized spacial score (nSPS) is 11.0. The van der Waals surface area contributed by atoms with Gasteiger partial charge in [0.1, 0.15) is 0 Å². The number of aromatic nitrogens is 3. The number of H-pyrrole nitrogens is 1. The maximum atomic E-state index is 12.0. The molecule has 1 aromatic carbocycles. The minimum atomic E-state index is -0.136. The van der Waals surface area contributed by atoms with Crippen molar-refractivity contribution in [2.45, 2.75) is 39.8 Å². The van der Waals surface area contributed by atoms with E-state index in [1.165, 1.54) is 0 Å². The molecule has 2 aromatic heterocycles. The number of fused-ring (bicyclic) bond motifs is 1. The third-order valence-corrected chi connectivity index (χ3v) is 4.29. The molecule has 130 valence electrons. The lowest BCUT2D eigenvalue weighted by atomic mass is 10.1. The van der Waals surface area contributed by atoms with E-state index in [4.69, 9.17) is 0 Å². The molecule has 3 rings (SSSR count). The first-order chi connectivity index (χ1) is 12.0. The van der Waals surface area contributed by atoms with Crippen molar-refractivity contribution in [3.8, 4) is 0 Å². The Balaban J connectivity index is 1.51. The van der Waals surface area contributed by atoms with Crippen LogP contribution in [0.25, 0.3) is 11.0 Å². The van der Waals surface area contributed by atoms with Crippen molar-refractivity contribution < 1.29 is 4.79 Å². The van der Waals surface area contributed by atoms with Crippen LogP contribution in [0.5, 0.6) is 0 Å². The first kappa shape index (κ1) is 17.0. The SMILES string of the molecule is Cc1cc(C)c(CNC(=O)CCCn2cnc3ccccc32)c(=O)[nH]1. The smallest absolute Gasteiger partial charge is 0.253 e. The molecule has 0 bridgehead atoms. The number of benzene rings is 1. The van der Waals surface area contributed by atoms with Crippen LogP contribution < -0.4 is 10.9 Å². The second kappa shape index (κ2) is 7.34. The summed E-state index contributed by atoms with van der Waals surface area (Å²) in [5, 5.41) is 2.83. The van der Waals surface area contributed by atoms with E-state index in [0.29, 0.717) is 12.0 Å². The number of hydrogen-bond donors (Lipinski definition) is 2. The zero-order valence-corrected chi connectivity index (χ0v) is 14.5. The Kier molecular flexibility index (Phi) is 4.97. The van der Waals surface area contributed by atoms with E-state index in [-0.39, 0.29) is 18.0 Å². The monoisotopic (exact) mass is 338 g/mol. The molecule has 0 saturated heterocycles. The van der Waals surface area contributed by atoms with Crippen molar-refractivity contribution in [1.29, 1.82) is 0 Å². The summed E-state index contributed by atoms with van der Waals surface area (Å²) in [5.74, 6) is -0.0520. The summed E-state index contributed by atoms with van der Waals surface area (Å²) in [5.41, 5.74) is 4.23. The van der Waals surface area contributed by atoms with E-state index >= 15 is 0 Å². The molecule has 0 fully saturated rings. The molecule has 0 saturated carbocycles. The highest BCUT2D eigenvalue weighted by Gasteiger charge is 2.08. The Hall–Kier alpha value is -2.89. The number of amides is 1. The number of aromatic amines is 1. The average molecular weight is 338 g/mol.